The standard InChI is InChI=1S/C20H27F2N5O3/c1-3-23-20(25-6-4-5-8-27-9-7-24-14(27)2)26-12-15-10-17-18(29-13-28-17)11-16(15)30-19(21)22/h7,9-11,19H,3-6,8,12-13H2,1-2H3,(H2,23,25,26). The lowest BCUT2D eigenvalue weighted by molar-refractivity contribution is -0.0505. The van der Waals surface area contributed by atoms with E-state index >= 15 is 0 Å². The summed E-state index contributed by atoms with van der Waals surface area (Å²) in [6, 6.07) is 3.04. The smallest absolute Gasteiger partial charge is 0.387 e. The summed E-state index contributed by atoms with van der Waals surface area (Å²) < 4.78 is 42.9. The number of ether oxygens (including phenoxy) is 3. The molecule has 0 saturated heterocycles. The van der Waals surface area contributed by atoms with Crippen LogP contribution in [0.25, 0.3) is 0 Å². The first-order chi connectivity index (χ1) is 14.6. The van der Waals surface area contributed by atoms with Crippen LogP contribution in [-0.4, -0.2) is 42.0 Å². The van der Waals surface area contributed by atoms with E-state index in [9.17, 15) is 8.78 Å². The SMILES string of the molecule is CCNC(=NCc1cc2c(cc1OC(F)F)OCO2)NCCCCn1ccnc1C. The lowest BCUT2D eigenvalue weighted by atomic mass is 10.1. The molecule has 1 aliphatic rings. The van der Waals surface area contributed by atoms with Crippen molar-refractivity contribution in [3.8, 4) is 17.2 Å². The monoisotopic (exact) mass is 423 g/mol. The van der Waals surface area contributed by atoms with Gasteiger partial charge in [0.05, 0.1) is 6.54 Å². The zero-order valence-corrected chi connectivity index (χ0v) is 17.2. The molecule has 1 aromatic heterocycles. The summed E-state index contributed by atoms with van der Waals surface area (Å²) in [5.74, 6) is 2.52. The minimum absolute atomic E-state index is 0.0320. The highest BCUT2D eigenvalue weighted by Crippen LogP contribution is 2.39. The van der Waals surface area contributed by atoms with Gasteiger partial charge in [-0.2, -0.15) is 8.78 Å². The van der Waals surface area contributed by atoms with Gasteiger partial charge in [-0.1, -0.05) is 0 Å². The van der Waals surface area contributed by atoms with Gasteiger partial charge in [0, 0.05) is 43.7 Å². The van der Waals surface area contributed by atoms with Crippen molar-refractivity contribution in [1.29, 1.82) is 0 Å². The Morgan fingerprint density at radius 2 is 2.07 bits per heavy atom. The number of aliphatic imine (C=N–C) groups is 1. The summed E-state index contributed by atoms with van der Waals surface area (Å²) in [6.45, 7) is 3.55. The highest BCUT2D eigenvalue weighted by atomic mass is 19.3. The number of aryl methyl sites for hydroxylation is 2. The van der Waals surface area contributed by atoms with Crippen LogP contribution in [0.3, 0.4) is 0 Å². The van der Waals surface area contributed by atoms with E-state index in [1.807, 2.05) is 20.0 Å². The number of hydrogen-bond acceptors (Lipinski definition) is 5. The summed E-state index contributed by atoms with van der Waals surface area (Å²) in [5.41, 5.74) is 0.493. The van der Waals surface area contributed by atoms with Gasteiger partial charge < -0.3 is 29.4 Å². The summed E-state index contributed by atoms with van der Waals surface area (Å²) >= 11 is 0. The van der Waals surface area contributed by atoms with Gasteiger partial charge in [-0.25, -0.2) is 9.98 Å². The first kappa shape index (κ1) is 21.7. The van der Waals surface area contributed by atoms with Crippen LogP contribution in [0, 0.1) is 6.92 Å². The van der Waals surface area contributed by atoms with Crippen LogP contribution in [0.4, 0.5) is 8.78 Å². The lowest BCUT2D eigenvalue weighted by Gasteiger charge is -2.13. The fourth-order valence-corrected chi connectivity index (χ4v) is 3.05. The predicted octanol–water partition coefficient (Wildman–Crippen LogP) is 3.06. The van der Waals surface area contributed by atoms with Gasteiger partial charge in [-0.3, -0.25) is 0 Å². The van der Waals surface area contributed by atoms with E-state index in [2.05, 4.69) is 29.9 Å². The number of rotatable bonds is 10. The number of halogens is 2. The average molecular weight is 423 g/mol. The molecule has 0 fully saturated rings. The number of nitrogens with one attached hydrogen (secondary N) is 2. The molecule has 0 saturated carbocycles. The first-order valence-corrected chi connectivity index (χ1v) is 9.94. The Kier molecular flexibility index (Phi) is 7.69. The van der Waals surface area contributed by atoms with Crippen molar-refractivity contribution in [2.24, 2.45) is 4.99 Å². The molecule has 2 heterocycles. The molecule has 0 spiro atoms. The Bertz CT molecular complexity index is 857. The number of unbranched alkanes of at least 4 members (excludes halogenated alkanes) is 1. The maximum Gasteiger partial charge on any atom is 0.387 e. The number of benzene rings is 1. The van der Waals surface area contributed by atoms with E-state index in [0.29, 0.717) is 29.6 Å². The minimum atomic E-state index is -2.93. The van der Waals surface area contributed by atoms with Crippen molar-refractivity contribution in [2.75, 3.05) is 19.9 Å². The van der Waals surface area contributed by atoms with Crippen molar-refractivity contribution in [1.82, 2.24) is 20.2 Å². The number of guanidine groups is 1. The van der Waals surface area contributed by atoms with Crippen molar-refractivity contribution in [3.05, 3.63) is 35.9 Å². The zero-order valence-electron chi connectivity index (χ0n) is 17.2. The summed E-state index contributed by atoms with van der Waals surface area (Å²) in [4.78, 5) is 8.71. The molecule has 10 heteroatoms. The third-order valence-electron chi connectivity index (χ3n) is 4.57. The Morgan fingerprint density at radius 1 is 1.27 bits per heavy atom. The van der Waals surface area contributed by atoms with Gasteiger partial charge in [0.25, 0.3) is 0 Å². The van der Waals surface area contributed by atoms with E-state index in [-0.39, 0.29) is 19.1 Å². The number of alkyl halides is 2. The lowest BCUT2D eigenvalue weighted by Crippen LogP contribution is -2.37. The van der Waals surface area contributed by atoms with Crippen molar-refractivity contribution in [2.45, 2.75) is 46.4 Å². The van der Waals surface area contributed by atoms with Gasteiger partial charge in [-0.15, -0.1) is 0 Å². The van der Waals surface area contributed by atoms with E-state index in [1.54, 1.807) is 12.3 Å². The Morgan fingerprint density at radius 3 is 2.77 bits per heavy atom. The molecule has 2 aromatic rings. The number of aromatic nitrogens is 2. The molecule has 0 atom stereocenters. The van der Waals surface area contributed by atoms with Crippen LogP contribution in [0.1, 0.15) is 31.2 Å². The molecule has 30 heavy (non-hydrogen) atoms. The normalized spacial score (nSPS) is 13.0. The highest BCUT2D eigenvalue weighted by Gasteiger charge is 2.20. The highest BCUT2D eigenvalue weighted by molar-refractivity contribution is 5.79. The molecule has 0 aliphatic carbocycles. The molecule has 3 rings (SSSR count). The van der Waals surface area contributed by atoms with E-state index in [4.69, 9.17) is 9.47 Å². The largest absolute Gasteiger partial charge is 0.454 e. The fraction of sp³-hybridized carbons (Fsp3) is 0.500. The second-order valence-electron chi connectivity index (χ2n) is 6.69. The van der Waals surface area contributed by atoms with Gasteiger partial charge in [-0.05, 0) is 32.8 Å². The molecule has 0 amide bonds. The van der Waals surface area contributed by atoms with Gasteiger partial charge in [0.15, 0.2) is 17.5 Å². The van der Waals surface area contributed by atoms with E-state index < -0.39 is 6.61 Å². The maximum absolute atomic E-state index is 12.8. The number of hydrogen-bond donors (Lipinski definition) is 2. The predicted molar refractivity (Wildman–Crippen MR) is 108 cm³/mol. The molecule has 8 nitrogen and oxygen atoms in total. The third kappa shape index (κ3) is 5.98. The van der Waals surface area contributed by atoms with Crippen molar-refractivity contribution in [3.63, 3.8) is 0 Å². The van der Waals surface area contributed by atoms with E-state index in [1.165, 1.54) is 6.07 Å². The Labute approximate surface area is 174 Å². The van der Waals surface area contributed by atoms with Crippen LogP contribution in [0.15, 0.2) is 29.5 Å². The zero-order chi connectivity index (χ0) is 21.3. The molecule has 164 valence electrons. The molecular weight excluding hydrogens is 396 g/mol. The average Bonchev–Trinajstić information content (AvgIpc) is 3.33. The summed E-state index contributed by atoms with van der Waals surface area (Å²) in [7, 11) is 0. The molecular formula is C20H27F2N5O3. The molecule has 0 unspecified atom stereocenters. The fourth-order valence-electron chi connectivity index (χ4n) is 3.05. The second kappa shape index (κ2) is 10.7. The van der Waals surface area contributed by atoms with Crippen LogP contribution < -0.4 is 24.8 Å². The van der Waals surface area contributed by atoms with Crippen molar-refractivity contribution < 1.29 is 23.0 Å². The number of fused-ring (bicyclic) bond motifs is 1. The molecule has 0 radical (unpaired) electrons. The number of imidazole rings is 1. The van der Waals surface area contributed by atoms with Crippen LogP contribution in [0.2, 0.25) is 0 Å². The maximum atomic E-state index is 12.8. The van der Waals surface area contributed by atoms with Gasteiger partial charge in [0.2, 0.25) is 6.79 Å². The minimum Gasteiger partial charge on any atom is -0.454 e. The van der Waals surface area contributed by atoms with Crippen LogP contribution in [0.5, 0.6) is 17.2 Å². The van der Waals surface area contributed by atoms with Gasteiger partial charge >= 0.3 is 6.61 Å². The van der Waals surface area contributed by atoms with Gasteiger partial charge in [0.1, 0.15) is 11.6 Å². The Balaban J connectivity index is 1.56. The first-order valence-electron chi connectivity index (χ1n) is 9.94. The number of nitrogens with zero attached hydrogens (tertiary/aromatic N) is 3. The quantitative estimate of drug-likeness (QED) is 0.347. The van der Waals surface area contributed by atoms with Crippen LogP contribution >= 0.6 is 0 Å². The molecule has 0 bridgehead atoms. The van der Waals surface area contributed by atoms with Crippen molar-refractivity contribution >= 4 is 5.96 Å². The molecule has 2 N–H and O–H groups in total. The van der Waals surface area contributed by atoms with E-state index in [0.717, 1.165) is 31.8 Å². The topological polar surface area (TPSA) is 81.9 Å². The third-order valence-corrected chi connectivity index (χ3v) is 4.57. The van der Waals surface area contributed by atoms with Crippen LogP contribution in [-0.2, 0) is 13.1 Å². The molecule has 1 aromatic carbocycles. The summed E-state index contributed by atoms with van der Waals surface area (Å²) in [5, 5.41) is 6.43. The second-order valence-corrected chi connectivity index (χ2v) is 6.69. The molecule has 1 aliphatic heterocycles. The Hall–Kier alpha value is -3.04. The summed E-state index contributed by atoms with van der Waals surface area (Å²) in [6.07, 6.45) is 5.72.